The van der Waals surface area contributed by atoms with E-state index < -0.39 is 0 Å². The van der Waals surface area contributed by atoms with Gasteiger partial charge in [-0.15, -0.1) is 0 Å². The number of fused-ring (bicyclic) bond motifs is 1. The van der Waals surface area contributed by atoms with Crippen LogP contribution in [0.25, 0.3) is 11.3 Å². The summed E-state index contributed by atoms with van der Waals surface area (Å²) < 4.78 is 21.2. The first-order valence-electron chi connectivity index (χ1n) is 7.98. The Morgan fingerprint density at radius 2 is 2.16 bits per heavy atom. The highest BCUT2D eigenvalue weighted by atomic mass is 16.7. The fourth-order valence-corrected chi connectivity index (χ4v) is 2.76. The van der Waals surface area contributed by atoms with Gasteiger partial charge in [0, 0.05) is 24.6 Å². The highest BCUT2D eigenvalue weighted by Gasteiger charge is 2.26. The van der Waals surface area contributed by atoms with E-state index in [-0.39, 0.29) is 31.2 Å². The van der Waals surface area contributed by atoms with Crippen LogP contribution in [0, 0.1) is 5.92 Å². The van der Waals surface area contributed by atoms with Gasteiger partial charge in [-0.25, -0.2) is 0 Å². The number of rotatable bonds is 4. The number of piperidine rings is 1. The van der Waals surface area contributed by atoms with E-state index in [1.54, 1.807) is 12.1 Å². The maximum absolute atomic E-state index is 12.0. The van der Waals surface area contributed by atoms with Gasteiger partial charge in [0.15, 0.2) is 17.3 Å². The summed E-state index contributed by atoms with van der Waals surface area (Å²) in [6, 6.07) is 7.17. The molecule has 1 fully saturated rings. The first-order chi connectivity index (χ1) is 12.2. The van der Waals surface area contributed by atoms with Gasteiger partial charge in [0.2, 0.25) is 12.7 Å². The molecule has 1 atom stereocenters. The van der Waals surface area contributed by atoms with Crippen LogP contribution in [-0.4, -0.2) is 30.4 Å². The summed E-state index contributed by atoms with van der Waals surface area (Å²) in [5.41, 5.74) is 1.31. The van der Waals surface area contributed by atoms with Crippen LogP contribution in [0.15, 0.2) is 28.8 Å². The van der Waals surface area contributed by atoms with Gasteiger partial charge < -0.3 is 24.1 Å². The number of nitrogens with one attached hydrogen (secondary N) is 1. The van der Waals surface area contributed by atoms with Gasteiger partial charge in [0.25, 0.3) is 0 Å². The third-order valence-corrected chi connectivity index (χ3v) is 4.18. The van der Waals surface area contributed by atoms with Crippen LogP contribution in [0.2, 0.25) is 0 Å². The van der Waals surface area contributed by atoms with E-state index in [1.165, 1.54) is 0 Å². The molecule has 3 heterocycles. The highest BCUT2D eigenvalue weighted by molar-refractivity contribution is 5.81. The number of hydrogen-bond donors (Lipinski definition) is 1. The van der Waals surface area contributed by atoms with Crippen molar-refractivity contribution in [2.24, 2.45) is 5.92 Å². The molecule has 8 heteroatoms. The standard InChI is InChI=1S/C17H16N2O6/c20-16-4-2-11(7-18-16)17(21)22-8-12-6-14(25-19-12)10-1-3-13-15(5-10)24-9-23-13/h1,3,5-6,11H,2,4,7-9H2,(H,18,20). The molecule has 0 aliphatic carbocycles. The van der Waals surface area contributed by atoms with E-state index in [1.807, 2.05) is 12.1 Å². The molecule has 0 bridgehead atoms. The van der Waals surface area contributed by atoms with Crippen molar-refractivity contribution in [2.45, 2.75) is 19.4 Å². The topological polar surface area (TPSA) is 99.9 Å². The Morgan fingerprint density at radius 1 is 1.28 bits per heavy atom. The molecule has 0 saturated carbocycles. The summed E-state index contributed by atoms with van der Waals surface area (Å²) in [6.45, 7) is 0.550. The first kappa shape index (κ1) is 15.5. The summed E-state index contributed by atoms with van der Waals surface area (Å²) in [6.07, 6.45) is 0.851. The second-order valence-electron chi connectivity index (χ2n) is 5.90. The van der Waals surface area contributed by atoms with E-state index in [9.17, 15) is 9.59 Å². The Morgan fingerprint density at radius 3 is 3.00 bits per heavy atom. The highest BCUT2D eigenvalue weighted by Crippen LogP contribution is 2.36. The number of benzene rings is 1. The minimum absolute atomic E-state index is 0.0251. The monoisotopic (exact) mass is 344 g/mol. The van der Waals surface area contributed by atoms with Crippen LogP contribution in [0.5, 0.6) is 11.5 Å². The molecule has 2 aliphatic rings. The molecule has 1 unspecified atom stereocenters. The molecule has 4 rings (SSSR count). The molecule has 8 nitrogen and oxygen atoms in total. The molecular formula is C17H16N2O6. The lowest BCUT2D eigenvalue weighted by Crippen LogP contribution is -2.39. The van der Waals surface area contributed by atoms with Gasteiger partial charge in [-0.1, -0.05) is 5.16 Å². The van der Waals surface area contributed by atoms with Crippen molar-refractivity contribution in [3.8, 4) is 22.8 Å². The molecule has 1 saturated heterocycles. The van der Waals surface area contributed by atoms with Crippen LogP contribution in [0.1, 0.15) is 18.5 Å². The lowest BCUT2D eigenvalue weighted by molar-refractivity contribution is -0.151. The normalized spacial score (nSPS) is 18.7. The number of amides is 1. The van der Waals surface area contributed by atoms with Crippen LogP contribution < -0.4 is 14.8 Å². The predicted octanol–water partition coefficient (Wildman–Crippen LogP) is 1.64. The molecule has 130 valence electrons. The maximum Gasteiger partial charge on any atom is 0.311 e. The molecule has 25 heavy (non-hydrogen) atoms. The Balaban J connectivity index is 1.37. The van der Waals surface area contributed by atoms with Crippen molar-refractivity contribution >= 4 is 11.9 Å². The molecule has 0 spiro atoms. The quantitative estimate of drug-likeness (QED) is 0.842. The molecule has 1 aromatic heterocycles. The minimum atomic E-state index is -0.340. The van der Waals surface area contributed by atoms with E-state index in [0.717, 1.165) is 5.56 Å². The Bertz CT molecular complexity index is 805. The number of aromatic nitrogens is 1. The van der Waals surface area contributed by atoms with E-state index >= 15 is 0 Å². The number of carbonyl (C=O) groups excluding carboxylic acids is 2. The van der Waals surface area contributed by atoms with Gasteiger partial charge in [0.05, 0.1) is 5.92 Å². The van der Waals surface area contributed by atoms with Gasteiger partial charge >= 0.3 is 5.97 Å². The van der Waals surface area contributed by atoms with Crippen molar-refractivity contribution in [1.82, 2.24) is 10.5 Å². The third kappa shape index (κ3) is 3.28. The Hall–Kier alpha value is -3.03. The van der Waals surface area contributed by atoms with Crippen molar-refractivity contribution in [3.63, 3.8) is 0 Å². The number of nitrogens with zero attached hydrogens (tertiary/aromatic N) is 1. The first-order valence-corrected chi connectivity index (χ1v) is 7.98. The average molecular weight is 344 g/mol. The average Bonchev–Trinajstić information content (AvgIpc) is 3.28. The van der Waals surface area contributed by atoms with Crippen LogP contribution in [0.4, 0.5) is 0 Å². The molecule has 2 aromatic rings. The molecule has 0 radical (unpaired) electrons. The summed E-state index contributed by atoms with van der Waals surface area (Å²) in [7, 11) is 0. The van der Waals surface area contributed by atoms with Gasteiger partial charge in [0.1, 0.15) is 12.3 Å². The molecule has 1 aromatic carbocycles. The number of esters is 1. The van der Waals surface area contributed by atoms with Crippen LogP contribution >= 0.6 is 0 Å². The van der Waals surface area contributed by atoms with E-state index in [0.29, 0.717) is 42.3 Å². The van der Waals surface area contributed by atoms with Crippen molar-refractivity contribution in [2.75, 3.05) is 13.3 Å². The predicted molar refractivity (Wildman–Crippen MR) is 83.6 cm³/mol. The summed E-state index contributed by atoms with van der Waals surface area (Å²) in [5, 5.41) is 6.58. The minimum Gasteiger partial charge on any atom is -0.459 e. The number of carbonyl (C=O) groups is 2. The molecule has 1 N–H and O–H groups in total. The Kier molecular flexibility index (Phi) is 4.01. The number of hydrogen-bond acceptors (Lipinski definition) is 7. The lowest BCUT2D eigenvalue weighted by Gasteiger charge is -2.20. The molecular weight excluding hydrogens is 328 g/mol. The zero-order valence-corrected chi connectivity index (χ0v) is 13.3. The molecule has 2 aliphatic heterocycles. The Labute approximate surface area is 143 Å². The zero-order chi connectivity index (χ0) is 17.2. The summed E-state index contributed by atoms with van der Waals surface area (Å²) >= 11 is 0. The van der Waals surface area contributed by atoms with Crippen LogP contribution in [0.3, 0.4) is 0 Å². The maximum atomic E-state index is 12.0. The zero-order valence-electron chi connectivity index (χ0n) is 13.3. The summed E-state index contributed by atoms with van der Waals surface area (Å²) in [4.78, 5) is 23.1. The van der Waals surface area contributed by atoms with E-state index in [4.69, 9.17) is 18.7 Å². The van der Waals surface area contributed by atoms with E-state index in [2.05, 4.69) is 10.5 Å². The van der Waals surface area contributed by atoms with Crippen molar-refractivity contribution < 1.29 is 28.3 Å². The van der Waals surface area contributed by atoms with Gasteiger partial charge in [-0.05, 0) is 24.6 Å². The molecule has 1 amide bonds. The third-order valence-electron chi connectivity index (χ3n) is 4.18. The van der Waals surface area contributed by atoms with Gasteiger partial charge in [-0.2, -0.15) is 0 Å². The van der Waals surface area contributed by atoms with Crippen molar-refractivity contribution in [1.29, 1.82) is 0 Å². The largest absolute Gasteiger partial charge is 0.459 e. The lowest BCUT2D eigenvalue weighted by atomic mass is 10.00. The summed E-state index contributed by atoms with van der Waals surface area (Å²) in [5.74, 6) is 1.21. The smallest absolute Gasteiger partial charge is 0.311 e. The van der Waals surface area contributed by atoms with Crippen molar-refractivity contribution in [3.05, 3.63) is 30.0 Å². The van der Waals surface area contributed by atoms with Crippen LogP contribution in [-0.2, 0) is 20.9 Å². The SMILES string of the molecule is O=C1CCC(C(=O)OCc2cc(-c3ccc4c(c3)OCO4)on2)CN1. The number of ether oxygens (including phenoxy) is 3. The second kappa shape index (κ2) is 6.46. The second-order valence-corrected chi connectivity index (χ2v) is 5.90. The van der Waals surface area contributed by atoms with Gasteiger partial charge in [-0.3, -0.25) is 9.59 Å². The fourth-order valence-electron chi connectivity index (χ4n) is 2.76. The fraction of sp³-hybridized carbons (Fsp3) is 0.353.